The van der Waals surface area contributed by atoms with Crippen LogP contribution in [-0.4, -0.2) is 68.9 Å². The minimum atomic E-state index is -0.440. The average Bonchev–Trinajstić information content (AvgIpc) is 3.38. The van der Waals surface area contributed by atoms with Crippen molar-refractivity contribution in [3.63, 3.8) is 0 Å². The zero-order chi connectivity index (χ0) is 29.7. The van der Waals surface area contributed by atoms with Gasteiger partial charge in [0.25, 0.3) is 5.91 Å². The number of aromatic nitrogens is 4. The lowest BCUT2D eigenvalue weighted by Gasteiger charge is -2.39. The van der Waals surface area contributed by atoms with Gasteiger partial charge in [-0.05, 0) is 64.9 Å². The number of pyridine rings is 1. The molecule has 0 spiro atoms. The van der Waals surface area contributed by atoms with Crippen LogP contribution in [0.1, 0.15) is 43.1 Å². The topological polar surface area (TPSA) is 128 Å². The molecule has 1 fully saturated rings. The molecule has 4 N–H and O–H groups in total. The van der Waals surface area contributed by atoms with E-state index in [0.717, 1.165) is 35.7 Å². The summed E-state index contributed by atoms with van der Waals surface area (Å²) < 4.78 is 0. The van der Waals surface area contributed by atoms with Crippen molar-refractivity contribution < 1.29 is 9.59 Å². The molecule has 1 aliphatic rings. The number of amides is 2. The Morgan fingerprint density at radius 2 is 2.00 bits per heavy atom. The van der Waals surface area contributed by atoms with Crippen LogP contribution in [0.2, 0.25) is 5.02 Å². The molecule has 2 atom stereocenters. The maximum Gasteiger partial charge on any atom is 0.270 e. The Morgan fingerprint density at radius 3 is 2.79 bits per heavy atom. The highest BCUT2D eigenvalue weighted by Crippen LogP contribution is 2.34. The summed E-state index contributed by atoms with van der Waals surface area (Å²) in [6.07, 6.45) is 11.7. The molecule has 4 aromatic rings. The number of carbonyl (C=O) groups is 2. The van der Waals surface area contributed by atoms with Crippen LogP contribution >= 0.6 is 11.6 Å². The first-order chi connectivity index (χ1) is 20.2. The molecule has 3 heterocycles. The number of fused-ring (bicyclic) bond motifs is 1. The molecular weight excluding hydrogens is 552 g/mol. The van der Waals surface area contributed by atoms with Gasteiger partial charge in [0.05, 0.1) is 28.8 Å². The normalized spacial score (nSPS) is 18.8. The first kappa shape index (κ1) is 29.2. The van der Waals surface area contributed by atoms with E-state index in [-0.39, 0.29) is 23.6 Å². The van der Waals surface area contributed by atoms with E-state index >= 15 is 0 Å². The number of para-hydroxylation sites is 1. The van der Waals surface area contributed by atoms with E-state index in [1.807, 2.05) is 56.4 Å². The third-order valence-corrected chi connectivity index (χ3v) is 7.60. The van der Waals surface area contributed by atoms with Crippen molar-refractivity contribution in [1.82, 2.24) is 30.2 Å². The van der Waals surface area contributed by atoms with Crippen LogP contribution in [0.5, 0.6) is 0 Å². The number of rotatable bonds is 9. The SMILES string of the molecule is CN(C)C/C=C/C(=O)Nc1ccc(C(=O)N[C@@]2(C)CCC[C@H](Nc3ncc(Cl)c(-c4c[nH]c5ccccc45)n3)C2)nc1. The Balaban J connectivity index is 1.21. The van der Waals surface area contributed by atoms with E-state index in [4.69, 9.17) is 16.6 Å². The fraction of sp³-hybridized carbons (Fsp3) is 0.323. The lowest BCUT2D eigenvalue weighted by atomic mass is 9.80. The molecule has 2 amide bonds. The van der Waals surface area contributed by atoms with Crippen molar-refractivity contribution in [2.24, 2.45) is 0 Å². The van der Waals surface area contributed by atoms with Crippen molar-refractivity contribution in [1.29, 1.82) is 0 Å². The number of hydrogen-bond acceptors (Lipinski definition) is 7. The zero-order valence-electron chi connectivity index (χ0n) is 23.9. The maximum atomic E-state index is 13.1. The minimum absolute atomic E-state index is 0.0622. The van der Waals surface area contributed by atoms with Crippen LogP contribution in [-0.2, 0) is 4.79 Å². The van der Waals surface area contributed by atoms with Gasteiger partial charge in [-0.1, -0.05) is 35.9 Å². The Bertz CT molecular complexity index is 1600. The highest BCUT2D eigenvalue weighted by atomic mass is 35.5. The van der Waals surface area contributed by atoms with Gasteiger partial charge in [-0.2, -0.15) is 0 Å². The van der Waals surface area contributed by atoms with Gasteiger partial charge in [0.2, 0.25) is 11.9 Å². The van der Waals surface area contributed by atoms with Crippen molar-refractivity contribution in [3.8, 4) is 11.3 Å². The quantitative estimate of drug-likeness (QED) is 0.197. The molecule has 1 aromatic carbocycles. The summed E-state index contributed by atoms with van der Waals surface area (Å²) in [4.78, 5) is 43.9. The Hall–Kier alpha value is -4.28. The highest BCUT2D eigenvalue weighted by molar-refractivity contribution is 6.33. The molecule has 3 aromatic heterocycles. The molecule has 1 aliphatic carbocycles. The number of benzene rings is 1. The van der Waals surface area contributed by atoms with Gasteiger partial charge in [0, 0.05) is 46.9 Å². The second-order valence-electron chi connectivity index (χ2n) is 11.2. The molecule has 0 bridgehead atoms. The van der Waals surface area contributed by atoms with Gasteiger partial charge < -0.3 is 25.8 Å². The lowest BCUT2D eigenvalue weighted by Crippen LogP contribution is -2.51. The summed E-state index contributed by atoms with van der Waals surface area (Å²) in [6, 6.07) is 11.4. The van der Waals surface area contributed by atoms with E-state index in [9.17, 15) is 9.59 Å². The molecule has 0 saturated heterocycles. The lowest BCUT2D eigenvalue weighted by molar-refractivity contribution is -0.111. The maximum absolute atomic E-state index is 13.1. The number of halogens is 1. The first-order valence-corrected chi connectivity index (χ1v) is 14.3. The summed E-state index contributed by atoms with van der Waals surface area (Å²) in [7, 11) is 3.85. The third-order valence-electron chi connectivity index (χ3n) is 7.32. The summed E-state index contributed by atoms with van der Waals surface area (Å²) in [5.74, 6) is -0.00950. The van der Waals surface area contributed by atoms with E-state index < -0.39 is 5.54 Å². The monoisotopic (exact) mass is 586 g/mol. The van der Waals surface area contributed by atoms with Gasteiger partial charge in [-0.15, -0.1) is 0 Å². The van der Waals surface area contributed by atoms with E-state index in [0.29, 0.717) is 35.3 Å². The Labute approximate surface area is 250 Å². The largest absolute Gasteiger partial charge is 0.360 e. The molecule has 218 valence electrons. The molecule has 0 aliphatic heterocycles. The van der Waals surface area contributed by atoms with Gasteiger partial charge in [-0.25, -0.2) is 15.0 Å². The van der Waals surface area contributed by atoms with Crippen molar-refractivity contribution >= 4 is 46.0 Å². The molecule has 0 radical (unpaired) electrons. The van der Waals surface area contributed by atoms with Crippen LogP contribution in [0.15, 0.2) is 67.1 Å². The fourth-order valence-corrected chi connectivity index (χ4v) is 5.49. The van der Waals surface area contributed by atoms with E-state index in [2.05, 4.69) is 30.9 Å². The molecule has 5 rings (SSSR count). The fourth-order valence-electron chi connectivity index (χ4n) is 5.29. The second-order valence-corrected chi connectivity index (χ2v) is 11.6. The highest BCUT2D eigenvalue weighted by Gasteiger charge is 2.34. The van der Waals surface area contributed by atoms with E-state index in [1.165, 1.54) is 12.3 Å². The average molecular weight is 587 g/mol. The third kappa shape index (κ3) is 7.13. The van der Waals surface area contributed by atoms with Crippen LogP contribution in [0, 0.1) is 0 Å². The molecule has 1 saturated carbocycles. The number of carbonyl (C=O) groups excluding carboxylic acids is 2. The minimum Gasteiger partial charge on any atom is -0.360 e. The molecular formula is C31H35ClN8O2. The van der Waals surface area contributed by atoms with Crippen LogP contribution in [0.25, 0.3) is 22.2 Å². The number of likely N-dealkylation sites (N-methyl/N-ethyl adjacent to an activating group) is 1. The zero-order valence-corrected chi connectivity index (χ0v) is 24.7. The number of nitrogens with zero attached hydrogens (tertiary/aromatic N) is 4. The molecule has 42 heavy (non-hydrogen) atoms. The van der Waals surface area contributed by atoms with Crippen LogP contribution < -0.4 is 16.0 Å². The van der Waals surface area contributed by atoms with Crippen molar-refractivity contribution in [2.75, 3.05) is 31.3 Å². The smallest absolute Gasteiger partial charge is 0.270 e. The van der Waals surface area contributed by atoms with Gasteiger partial charge >= 0.3 is 0 Å². The van der Waals surface area contributed by atoms with Crippen molar-refractivity contribution in [3.05, 3.63) is 77.9 Å². The van der Waals surface area contributed by atoms with Crippen LogP contribution in [0.4, 0.5) is 11.6 Å². The van der Waals surface area contributed by atoms with Gasteiger partial charge in [0.1, 0.15) is 5.69 Å². The molecule has 10 nitrogen and oxygen atoms in total. The van der Waals surface area contributed by atoms with E-state index in [1.54, 1.807) is 24.4 Å². The summed E-state index contributed by atoms with van der Waals surface area (Å²) in [5, 5.41) is 10.9. The standard InChI is InChI=1S/C31H35ClN8O2/c1-31(39-29(42)26-13-12-21(17-33-26)36-27(41)11-7-15-40(2)3)14-6-8-20(16-31)37-30-35-19-24(32)28(38-30)23-18-34-25-10-5-4-9-22(23)25/h4-5,7,9-13,17-20,34H,6,8,14-16H2,1-3H3,(H,36,41)(H,39,42)(H,35,37,38)/b11-7+/t20-,31-/m0/s1. The summed E-state index contributed by atoms with van der Waals surface area (Å²) >= 11 is 6.51. The van der Waals surface area contributed by atoms with Gasteiger partial charge in [-0.3, -0.25) is 9.59 Å². The number of H-pyrrole nitrogens is 1. The molecule has 0 unspecified atom stereocenters. The Kier molecular flexibility index (Phi) is 8.84. The van der Waals surface area contributed by atoms with Crippen LogP contribution in [0.3, 0.4) is 0 Å². The van der Waals surface area contributed by atoms with Gasteiger partial charge in [0.15, 0.2) is 0 Å². The second kappa shape index (κ2) is 12.7. The Morgan fingerprint density at radius 1 is 1.17 bits per heavy atom. The number of nitrogens with one attached hydrogen (secondary N) is 4. The number of aromatic amines is 1. The predicted octanol–water partition coefficient (Wildman–Crippen LogP) is 5.27. The molecule has 11 heteroatoms. The number of hydrogen-bond donors (Lipinski definition) is 4. The predicted molar refractivity (Wildman–Crippen MR) is 167 cm³/mol. The van der Waals surface area contributed by atoms with Crippen molar-refractivity contribution in [2.45, 2.75) is 44.2 Å². The first-order valence-electron chi connectivity index (χ1n) is 14.0. The number of anilines is 2. The summed E-state index contributed by atoms with van der Waals surface area (Å²) in [6.45, 7) is 2.71. The summed E-state index contributed by atoms with van der Waals surface area (Å²) in [5.41, 5.74) is 2.96.